The zero-order chi connectivity index (χ0) is 13.1. The number of aliphatic hydroxyl groups excluding tert-OH is 1. The lowest BCUT2D eigenvalue weighted by Crippen LogP contribution is -2.37. The van der Waals surface area contributed by atoms with Crippen molar-refractivity contribution in [2.45, 2.75) is 38.3 Å². The summed E-state index contributed by atoms with van der Waals surface area (Å²) >= 11 is 0. The maximum absolute atomic E-state index is 9.34. The van der Waals surface area contributed by atoms with Gasteiger partial charge < -0.3 is 15.7 Å². The number of anilines is 1. The molecule has 0 amide bonds. The molecule has 18 heavy (non-hydrogen) atoms. The van der Waals surface area contributed by atoms with E-state index in [0.29, 0.717) is 5.92 Å². The van der Waals surface area contributed by atoms with Crippen LogP contribution in [-0.2, 0) is 0 Å². The zero-order valence-electron chi connectivity index (χ0n) is 11.3. The van der Waals surface area contributed by atoms with Crippen molar-refractivity contribution >= 4 is 5.69 Å². The third kappa shape index (κ3) is 2.85. The van der Waals surface area contributed by atoms with E-state index in [9.17, 15) is 5.11 Å². The lowest BCUT2D eigenvalue weighted by Gasteiger charge is -2.36. The number of hydrogen-bond donors (Lipinski definition) is 2. The summed E-state index contributed by atoms with van der Waals surface area (Å²) in [4.78, 5) is 2.28. The van der Waals surface area contributed by atoms with E-state index in [1.165, 1.54) is 11.3 Å². The molecule has 0 bridgehead atoms. The van der Waals surface area contributed by atoms with Crippen molar-refractivity contribution in [1.82, 2.24) is 0 Å². The summed E-state index contributed by atoms with van der Waals surface area (Å²) < 4.78 is 0. The Morgan fingerprint density at radius 2 is 2.06 bits per heavy atom. The van der Waals surface area contributed by atoms with Crippen LogP contribution in [0.2, 0.25) is 0 Å². The number of aliphatic hydroxyl groups is 1. The molecule has 1 aromatic carbocycles. The van der Waals surface area contributed by atoms with Crippen LogP contribution in [0.15, 0.2) is 24.3 Å². The van der Waals surface area contributed by atoms with Gasteiger partial charge in [0.1, 0.15) is 0 Å². The van der Waals surface area contributed by atoms with Gasteiger partial charge in [0.25, 0.3) is 0 Å². The van der Waals surface area contributed by atoms with E-state index >= 15 is 0 Å². The Morgan fingerprint density at radius 1 is 1.39 bits per heavy atom. The second kappa shape index (κ2) is 5.72. The van der Waals surface area contributed by atoms with Crippen LogP contribution in [0.3, 0.4) is 0 Å². The lowest BCUT2D eigenvalue weighted by molar-refractivity contribution is 0.0464. The fraction of sp³-hybridized carbons (Fsp3) is 0.600. The summed E-state index contributed by atoms with van der Waals surface area (Å²) in [5, 5.41) is 9.34. The first-order valence-corrected chi connectivity index (χ1v) is 6.85. The molecule has 2 rings (SSSR count). The van der Waals surface area contributed by atoms with Crippen molar-refractivity contribution < 1.29 is 5.11 Å². The largest absolute Gasteiger partial charge is 0.393 e. The van der Waals surface area contributed by atoms with Crippen LogP contribution in [0.1, 0.15) is 37.8 Å². The number of nitrogens with two attached hydrogens (primary N) is 1. The van der Waals surface area contributed by atoms with Gasteiger partial charge in [0, 0.05) is 25.3 Å². The third-order valence-electron chi connectivity index (χ3n) is 3.93. The van der Waals surface area contributed by atoms with Crippen molar-refractivity contribution in [3.8, 4) is 0 Å². The number of rotatable bonds is 5. The molecule has 0 heterocycles. The molecule has 0 aliphatic heterocycles. The molecule has 100 valence electrons. The van der Waals surface area contributed by atoms with Gasteiger partial charge in [0.15, 0.2) is 0 Å². The minimum atomic E-state index is -0.0726. The van der Waals surface area contributed by atoms with Gasteiger partial charge in [-0.15, -0.1) is 0 Å². The van der Waals surface area contributed by atoms with Gasteiger partial charge in [-0.05, 0) is 36.8 Å². The van der Waals surface area contributed by atoms with Crippen molar-refractivity contribution in [2.75, 3.05) is 18.5 Å². The highest BCUT2D eigenvalue weighted by molar-refractivity contribution is 5.54. The van der Waals surface area contributed by atoms with E-state index in [1.807, 2.05) is 0 Å². The molecule has 0 saturated heterocycles. The first-order valence-electron chi connectivity index (χ1n) is 6.85. The monoisotopic (exact) mass is 248 g/mol. The molecule has 1 aliphatic carbocycles. The average molecular weight is 248 g/mol. The van der Waals surface area contributed by atoms with Crippen LogP contribution in [0, 0.1) is 5.92 Å². The second-order valence-electron chi connectivity index (χ2n) is 5.45. The van der Waals surface area contributed by atoms with Crippen molar-refractivity contribution in [3.63, 3.8) is 0 Å². The molecule has 0 spiro atoms. The third-order valence-corrected chi connectivity index (χ3v) is 3.93. The molecule has 3 N–H and O–H groups in total. The molecule has 1 saturated carbocycles. The standard InChI is InChI=1S/C15H24N2O/c1-3-14(16)13-6-4-5-7-15(13)17(2)10-11-8-12(18)9-11/h4-7,11-12,14,18H,3,8-10,16H2,1-2H3/t11?,12?,14-/m0/s1. The zero-order valence-corrected chi connectivity index (χ0v) is 11.3. The molecule has 0 radical (unpaired) electrons. The predicted molar refractivity (Wildman–Crippen MR) is 75.7 cm³/mol. The summed E-state index contributed by atoms with van der Waals surface area (Å²) in [7, 11) is 2.12. The Balaban J connectivity index is 2.06. The number of hydrogen-bond acceptors (Lipinski definition) is 3. The average Bonchev–Trinajstić information content (AvgIpc) is 2.36. The summed E-state index contributed by atoms with van der Waals surface area (Å²) in [6, 6.07) is 8.48. The lowest BCUT2D eigenvalue weighted by atomic mass is 9.82. The molecule has 0 aromatic heterocycles. The molecule has 0 unspecified atom stereocenters. The Morgan fingerprint density at radius 3 is 2.67 bits per heavy atom. The Hall–Kier alpha value is -1.06. The number of nitrogens with zero attached hydrogens (tertiary/aromatic N) is 1. The number of para-hydroxylation sites is 1. The molecule has 1 fully saturated rings. The van der Waals surface area contributed by atoms with Crippen LogP contribution in [0.25, 0.3) is 0 Å². The van der Waals surface area contributed by atoms with Gasteiger partial charge in [-0.3, -0.25) is 0 Å². The Bertz CT molecular complexity index is 388. The van der Waals surface area contributed by atoms with Crippen molar-refractivity contribution in [1.29, 1.82) is 0 Å². The van der Waals surface area contributed by atoms with E-state index in [4.69, 9.17) is 5.73 Å². The van der Waals surface area contributed by atoms with Crippen LogP contribution in [-0.4, -0.2) is 24.8 Å². The maximum atomic E-state index is 9.34. The van der Waals surface area contributed by atoms with Gasteiger partial charge in [-0.1, -0.05) is 25.1 Å². The summed E-state index contributed by atoms with van der Waals surface area (Å²) in [5.74, 6) is 0.621. The van der Waals surface area contributed by atoms with Gasteiger partial charge >= 0.3 is 0 Å². The molecule has 3 nitrogen and oxygen atoms in total. The van der Waals surface area contributed by atoms with Crippen molar-refractivity contribution in [3.05, 3.63) is 29.8 Å². The highest BCUT2D eigenvalue weighted by Gasteiger charge is 2.28. The molecule has 1 atom stereocenters. The van der Waals surface area contributed by atoms with Crippen LogP contribution in [0.4, 0.5) is 5.69 Å². The Labute approximate surface area is 110 Å². The summed E-state index contributed by atoms with van der Waals surface area (Å²) in [5.41, 5.74) is 8.62. The molecular weight excluding hydrogens is 224 g/mol. The number of benzene rings is 1. The fourth-order valence-corrected chi connectivity index (χ4v) is 2.70. The maximum Gasteiger partial charge on any atom is 0.0546 e. The topological polar surface area (TPSA) is 49.5 Å². The van der Waals surface area contributed by atoms with Gasteiger partial charge in [-0.2, -0.15) is 0 Å². The molecular formula is C15H24N2O. The van der Waals surface area contributed by atoms with Gasteiger partial charge in [0.05, 0.1) is 6.10 Å². The van der Waals surface area contributed by atoms with E-state index in [2.05, 4.69) is 43.1 Å². The first-order chi connectivity index (χ1) is 8.61. The first kappa shape index (κ1) is 13.4. The smallest absolute Gasteiger partial charge is 0.0546 e. The second-order valence-corrected chi connectivity index (χ2v) is 5.45. The highest BCUT2D eigenvalue weighted by atomic mass is 16.3. The minimum absolute atomic E-state index is 0.0726. The highest BCUT2D eigenvalue weighted by Crippen LogP contribution is 2.31. The van der Waals surface area contributed by atoms with Gasteiger partial charge in [-0.25, -0.2) is 0 Å². The van der Waals surface area contributed by atoms with Crippen LogP contribution < -0.4 is 10.6 Å². The van der Waals surface area contributed by atoms with Crippen LogP contribution in [0.5, 0.6) is 0 Å². The van der Waals surface area contributed by atoms with E-state index in [0.717, 1.165) is 25.8 Å². The summed E-state index contributed by atoms with van der Waals surface area (Å²) in [6.07, 6.45) is 2.75. The minimum Gasteiger partial charge on any atom is -0.393 e. The quantitative estimate of drug-likeness (QED) is 0.840. The summed E-state index contributed by atoms with van der Waals surface area (Å²) in [6.45, 7) is 3.12. The molecule has 1 aliphatic rings. The normalized spacial score (nSPS) is 24.4. The predicted octanol–water partition coefficient (Wildman–Crippen LogP) is 2.30. The van der Waals surface area contributed by atoms with E-state index < -0.39 is 0 Å². The van der Waals surface area contributed by atoms with E-state index in [1.54, 1.807) is 0 Å². The molecule has 3 heteroatoms. The SMILES string of the molecule is CC[C@H](N)c1ccccc1N(C)CC1CC(O)C1. The Kier molecular flexibility index (Phi) is 4.25. The van der Waals surface area contributed by atoms with E-state index in [-0.39, 0.29) is 12.1 Å². The fourth-order valence-electron chi connectivity index (χ4n) is 2.70. The van der Waals surface area contributed by atoms with Crippen LogP contribution >= 0.6 is 0 Å². The van der Waals surface area contributed by atoms with Crippen molar-refractivity contribution in [2.24, 2.45) is 11.7 Å². The van der Waals surface area contributed by atoms with Gasteiger partial charge in [0.2, 0.25) is 0 Å². The molecule has 1 aromatic rings.